The second-order valence-corrected chi connectivity index (χ2v) is 6.06. The molecule has 4 heteroatoms. The highest BCUT2D eigenvalue weighted by Gasteiger charge is 2.00. The van der Waals surface area contributed by atoms with Crippen LogP contribution in [0.4, 0.5) is 0 Å². The van der Waals surface area contributed by atoms with E-state index in [9.17, 15) is 0 Å². The molecule has 0 aromatic carbocycles. The van der Waals surface area contributed by atoms with E-state index in [0.717, 1.165) is 13.0 Å². The number of aliphatic hydroxyl groups excluding tert-OH is 2. The van der Waals surface area contributed by atoms with Crippen LogP contribution in [0, 0.1) is 0 Å². The van der Waals surface area contributed by atoms with E-state index in [2.05, 4.69) is 6.92 Å². The summed E-state index contributed by atoms with van der Waals surface area (Å²) in [6.07, 6.45) is 14.0. The van der Waals surface area contributed by atoms with Gasteiger partial charge in [0.15, 0.2) is 0 Å². The number of hydrogen-bond donors (Lipinski definition) is 2. The molecule has 0 aromatic heterocycles. The van der Waals surface area contributed by atoms with E-state index in [1.165, 1.54) is 64.2 Å². The lowest BCUT2D eigenvalue weighted by Crippen LogP contribution is -2.20. The van der Waals surface area contributed by atoms with Crippen molar-refractivity contribution in [1.29, 1.82) is 0 Å². The van der Waals surface area contributed by atoms with E-state index in [1.54, 1.807) is 0 Å². The third-order valence-corrected chi connectivity index (χ3v) is 3.79. The number of rotatable bonds is 18. The number of unbranched alkanes of at least 4 members (excludes halogenated alkanes) is 10. The Kier molecular flexibility index (Phi) is 18.8. The Hall–Kier alpha value is -0.160. The van der Waals surface area contributed by atoms with Crippen LogP contribution in [0.25, 0.3) is 0 Å². The Morgan fingerprint density at radius 3 is 1.73 bits per heavy atom. The van der Waals surface area contributed by atoms with Crippen LogP contribution in [0.2, 0.25) is 0 Å². The molecular formula is C18H38O4. The molecule has 2 N–H and O–H groups in total. The second kappa shape index (κ2) is 18.9. The fourth-order valence-corrected chi connectivity index (χ4v) is 2.36. The molecule has 0 bridgehead atoms. The van der Waals surface area contributed by atoms with Crippen molar-refractivity contribution in [2.24, 2.45) is 0 Å². The van der Waals surface area contributed by atoms with Crippen molar-refractivity contribution in [2.75, 3.05) is 33.0 Å². The Morgan fingerprint density at radius 1 is 0.682 bits per heavy atom. The second-order valence-electron chi connectivity index (χ2n) is 6.06. The lowest BCUT2D eigenvalue weighted by molar-refractivity contribution is -0.0150. The minimum atomic E-state index is -0.772. The molecule has 0 saturated carbocycles. The predicted octanol–water partition coefficient (Wildman–Crippen LogP) is 3.68. The molecule has 0 aliphatic rings. The molecule has 22 heavy (non-hydrogen) atoms. The zero-order chi connectivity index (χ0) is 16.3. The topological polar surface area (TPSA) is 58.9 Å². The summed E-state index contributed by atoms with van der Waals surface area (Å²) >= 11 is 0. The smallest absolute Gasteiger partial charge is 0.100 e. The van der Waals surface area contributed by atoms with Crippen molar-refractivity contribution in [3.05, 3.63) is 0 Å². The number of ether oxygens (including phenoxy) is 2. The molecular weight excluding hydrogens is 280 g/mol. The van der Waals surface area contributed by atoms with Gasteiger partial charge >= 0.3 is 0 Å². The Balaban J connectivity index is 2.97. The van der Waals surface area contributed by atoms with Gasteiger partial charge in [0.1, 0.15) is 6.10 Å². The molecule has 0 fully saturated rings. The van der Waals surface area contributed by atoms with Crippen LogP contribution in [0.3, 0.4) is 0 Å². The molecule has 1 atom stereocenters. The van der Waals surface area contributed by atoms with Gasteiger partial charge in [-0.1, -0.05) is 71.1 Å². The molecule has 0 rings (SSSR count). The van der Waals surface area contributed by atoms with Crippen molar-refractivity contribution in [3.63, 3.8) is 0 Å². The third kappa shape index (κ3) is 17.9. The van der Waals surface area contributed by atoms with E-state index < -0.39 is 6.10 Å². The quantitative estimate of drug-likeness (QED) is 0.378. The number of hydrogen-bond acceptors (Lipinski definition) is 4. The molecule has 0 aromatic rings. The Morgan fingerprint density at radius 2 is 1.18 bits per heavy atom. The monoisotopic (exact) mass is 318 g/mol. The van der Waals surface area contributed by atoms with Crippen LogP contribution >= 0.6 is 0 Å². The van der Waals surface area contributed by atoms with Gasteiger partial charge in [0.05, 0.1) is 26.4 Å². The van der Waals surface area contributed by atoms with Crippen molar-refractivity contribution in [2.45, 2.75) is 83.7 Å². The first-order valence-electron chi connectivity index (χ1n) is 9.25. The summed E-state index contributed by atoms with van der Waals surface area (Å²) in [6.45, 7) is 4.03. The van der Waals surface area contributed by atoms with Crippen LogP contribution in [-0.2, 0) is 9.47 Å². The molecule has 0 aliphatic heterocycles. The summed E-state index contributed by atoms with van der Waals surface area (Å²) in [7, 11) is 0. The highest BCUT2D eigenvalue weighted by atomic mass is 16.5. The SMILES string of the molecule is CCCCCCCCCCCCCOCCOCC(O)CO. The molecule has 0 spiro atoms. The maximum Gasteiger partial charge on any atom is 0.100 e. The van der Waals surface area contributed by atoms with Crippen LogP contribution in [0.1, 0.15) is 77.6 Å². The van der Waals surface area contributed by atoms with Gasteiger partial charge in [-0.15, -0.1) is 0 Å². The summed E-state index contributed by atoms with van der Waals surface area (Å²) in [4.78, 5) is 0. The molecule has 0 radical (unpaired) electrons. The normalized spacial score (nSPS) is 12.7. The highest BCUT2D eigenvalue weighted by Crippen LogP contribution is 2.11. The Labute approximate surface area is 137 Å². The molecule has 0 aliphatic carbocycles. The van der Waals surface area contributed by atoms with E-state index in [-0.39, 0.29) is 13.2 Å². The van der Waals surface area contributed by atoms with E-state index in [4.69, 9.17) is 19.7 Å². The third-order valence-electron chi connectivity index (χ3n) is 3.79. The zero-order valence-corrected chi connectivity index (χ0v) is 14.6. The number of aliphatic hydroxyl groups is 2. The maximum absolute atomic E-state index is 9.06. The molecule has 0 heterocycles. The van der Waals surface area contributed by atoms with Crippen LogP contribution in [0.15, 0.2) is 0 Å². The molecule has 134 valence electrons. The minimum Gasteiger partial charge on any atom is -0.394 e. The fraction of sp³-hybridized carbons (Fsp3) is 1.00. The van der Waals surface area contributed by atoms with E-state index >= 15 is 0 Å². The van der Waals surface area contributed by atoms with Gasteiger partial charge < -0.3 is 19.7 Å². The van der Waals surface area contributed by atoms with Crippen LogP contribution in [-0.4, -0.2) is 49.4 Å². The highest BCUT2D eigenvalue weighted by molar-refractivity contribution is 4.49. The summed E-state index contributed by atoms with van der Waals surface area (Å²) in [5.74, 6) is 0. The predicted molar refractivity (Wildman–Crippen MR) is 91.2 cm³/mol. The first-order valence-corrected chi connectivity index (χ1v) is 9.25. The Bertz CT molecular complexity index is 200. The molecule has 1 unspecified atom stereocenters. The summed E-state index contributed by atoms with van der Waals surface area (Å²) in [5, 5.41) is 17.7. The lowest BCUT2D eigenvalue weighted by atomic mass is 10.1. The summed E-state index contributed by atoms with van der Waals surface area (Å²) in [6, 6.07) is 0. The van der Waals surface area contributed by atoms with Crippen molar-refractivity contribution in [3.8, 4) is 0 Å². The van der Waals surface area contributed by atoms with Gasteiger partial charge in [0.2, 0.25) is 0 Å². The van der Waals surface area contributed by atoms with Crippen LogP contribution < -0.4 is 0 Å². The zero-order valence-electron chi connectivity index (χ0n) is 14.6. The van der Waals surface area contributed by atoms with Gasteiger partial charge in [-0.3, -0.25) is 0 Å². The maximum atomic E-state index is 9.06. The standard InChI is InChI=1S/C18H38O4/c1-2-3-4-5-6-7-8-9-10-11-12-13-21-14-15-22-17-18(20)16-19/h18-20H,2-17H2,1H3. The van der Waals surface area contributed by atoms with E-state index in [0.29, 0.717) is 13.2 Å². The van der Waals surface area contributed by atoms with Gasteiger partial charge in [-0.2, -0.15) is 0 Å². The summed E-state index contributed by atoms with van der Waals surface area (Å²) in [5.41, 5.74) is 0. The first-order chi connectivity index (χ1) is 10.8. The largest absolute Gasteiger partial charge is 0.394 e. The minimum absolute atomic E-state index is 0.179. The van der Waals surface area contributed by atoms with Gasteiger partial charge in [-0.05, 0) is 6.42 Å². The van der Waals surface area contributed by atoms with Gasteiger partial charge in [0, 0.05) is 6.61 Å². The van der Waals surface area contributed by atoms with Crippen molar-refractivity contribution >= 4 is 0 Å². The van der Waals surface area contributed by atoms with E-state index in [1.807, 2.05) is 0 Å². The first kappa shape index (κ1) is 21.8. The lowest BCUT2D eigenvalue weighted by Gasteiger charge is -2.08. The average molecular weight is 318 g/mol. The summed E-state index contributed by atoms with van der Waals surface area (Å²) < 4.78 is 10.6. The van der Waals surface area contributed by atoms with Crippen molar-refractivity contribution < 1.29 is 19.7 Å². The molecule has 0 saturated heterocycles. The van der Waals surface area contributed by atoms with Crippen LogP contribution in [0.5, 0.6) is 0 Å². The molecule has 4 nitrogen and oxygen atoms in total. The molecule has 0 amide bonds. The van der Waals surface area contributed by atoms with Crippen molar-refractivity contribution in [1.82, 2.24) is 0 Å². The fourth-order valence-electron chi connectivity index (χ4n) is 2.36. The average Bonchev–Trinajstić information content (AvgIpc) is 2.54. The van der Waals surface area contributed by atoms with Gasteiger partial charge in [-0.25, -0.2) is 0 Å². The van der Waals surface area contributed by atoms with Gasteiger partial charge in [0.25, 0.3) is 0 Å².